The van der Waals surface area contributed by atoms with Gasteiger partial charge in [-0.05, 0) is 32.8 Å². The second kappa shape index (κ2) is 5.90. The maximum absolute atomic E-state index is 12.2. The number of nitrogens with zero attached hydrogens (tertiary/aromatic N) is 2. The Labute approximate surface area is 117 Å². The van der Waals surface area contributed by atoms with Gasteiger partial charge in [0.1, 0.15) is 6.04 Å². The van der Waals surface area contributed by atoms with Crippen LogP contribution in [0, 0.1) is 17.0 Å². The van der Waals surface area contributed by atoms with E-state index in [9.17, 15) is 14.9 Å². The molecule has 0 bridgehead atoms. The number of carbonyl (C=O) groups is 1. The lowest BCUT2D eigenvalue weighted by Crippen LogP contribution is -2.39. The summed E-state index contributed by atoms with van der Waals surface area (Å²) in [4.78, 5) is 24.5. The Balaban J connectivity index is 2.07. The van der Waals surface area contributed by atoms with Gasteiger partial charge in [-0.2, -0.15) is 0 Å². The number of carbonyl (C=O) groups excluding carboxylic acids is 1. The number of anilines is 1. The molecular formula is C14H19N3O3. The van der Waals surface area contributed by atoms with E-state index in [1.807, 2.05) is 4.90 Å². The Morgan fingerprint density at radius 1 is 1.40 bits per heavy atom. The minimum atomic E-state index is -0.409. The van der Waals surface area contributed by atoms with Crippen LogP contribution in [0.2, 0.25) is 0 Å². The van der Waals surface area contributed by atoms with Crippen LogP contribution in [0.4, 0.5) is 11.4 Å². The molecule has 1 amide bonds. The van der Waals surface area contributed by atoms with Crippen molar-refractivity contribution < 1.29 is 9.72 Å². The fourth-order valence-corrected chi connectivity index (χ4v) is 2.42. The summed E-state index contributed by atoms with van der Waals surface area (Å²) in [6, 6.07) is 4.54. The molecule has 6 nitrogen and oxygen atoms in total. The Morgan fingerprint density at radius 3 is 2.65 bits per heavy atom. The van der Waals surface area contributed by atoms with E-state index in [-0.39, 0.29) is 17.6 Å². The summed E-state index contributed by atoms with van der Waals surface area (Å²) in [6.07, 6.45) is 2.10. The van der Waals surface area contributed by atoms with Gasteiger partial charge in [0.05, 0.1) is 4.92 Å². The molecule has 2 rings (SSSR count). The van der Waals surface area contributed by atoms with E-state index >= 15 is 0 Å². The number of hydrogen-bond donors (Lipinski definition) is 1. The summed E-state index contributed by atoms with van der Waals surface area (Å²) >= 11 is 0. The lowest BCUT2D eigenvalue weighted by molar-refractivity contribution is -0.385. The third kappa shape index (κ3) is 3.07. The first-order chi connectivity index (χ1) is 9.49. The molecule has 1 aromatic carbocycles. The summed E-state index contributed by atoms with van der Waals surface area (Å²) in [7, 11) is 0. The summed E-state index contributed by atoms with van der Waals surface area (Å²) in [6.45, 7) is 5.09. The molecule has 1 N–H and O–H groups in total. The van der Waals surface area contributed by atoms with Gasteiger partial charge in [-0.15, -0.1) is 0 Å². The number of benzene rings is 1. The van der Waals surface area contributed by atoms with Crippen molar-refractivity contribution in [3.05, 3.63) is 33.9 Å². The van der Waals surface area contributed by atoms with E-state index in [1.54, 1.807) is 26.0 Å². The van der Waals surface area contributed by atoms with Crippen molar-refractivity contribution >= 4 is 17.3 Å². The smallest absolute Gasteiger partial charge is 0.274 e. The largest absolute Gasteiger partial charge is 0.374 e. The van der Waals surface area contributed by atoms with E-state index in [2.05, 4.69) is 5.32 Å². The normalized spacial score (nSPS) is 16.0. The molecule has 1 unspecified atom stereocenters. The summed E-state index contributed by atoms with van der Waals surface area (Å²) in [5, 5.41) is 14.0. The first-order valence-corrected chi connectivity index (χ1v) is 6.79. The zero-order chi connectivity index (χ0) is 14.7. The van der Waals surface area contributed by atoms with Gasteiger partial charge in [0.25, 0.3) is 5.69 Å². The fraction of sp³-hybridized carbons (Fsp3) is 0.500. The molecule has 6 heteroatoms. The van der Waals surface area contributed by atoms with Crippen LogP contribution in [-0.2, 0) is 4.79 Å². The second-order valence-corrected chi connectivity index (χ2v) is 5.16. The van der Waals surface area contributed by atoms with Crippen molar-refractivity contribution in [3.8, 4) is 0 Å². The van der Waals surface area contributed by atoms with Crippen LogP contribution in [0.25, 0.3) is 0 Å². The number of amides is 1. The molecule has 0 aromatic heterocycles. The molecule has 0 saturated carbocycles. The van der Waals surface area contributed by atoms with Gasteiger partial charge in [-0.25, -0.2) is 0 Å². The highest BCUT2D eigenvalue weighted by Crippen LogP contribution is 2.23. The third-order valence-electron chi connectivity index (χ3n) is 3.58. The fourth-order valence-electron chi connectivity index (χ4n) is 2.42. The van der Waals surface area contributed by atoms with Crippen LogP contribution in [0.5, 0.6) is 0 Å². The van der Waals surface area contributed by atoms with Crippen molar-refractivity contribution in [3.63, 3.8) is 0 Å². The predicted octanol–water partition coefficient (Wildman–Crippen LogP) is 2.33. The zero-order valence-electron chi connectivity index (χ0n) is 11.8. The van der Waals surface area contributed by atoms with E-state index in [1.165, 1.54) is 6.07 Å². The molecule has 0 radical (unpaired) electrons. The lowest BCUT2D eigenvalue weighted by atomic mass is 10.1. The van der Waals surface area contributed by atoms with Crippen LogP contribution in [0.15, 0.2) is 18.2 Å². The molecule has 0 aliphatic carbocycles. The van der Waals surface area contributed by atoms with E-state index in [0.717, 1.165) is 25.9 Å². The quantitative estimate of drug-likeness (QED) is 0.677. The van der Waals surface area contributed by atoms with Crippen LogP contribution < -0.4 is 5.32 Å². The first kappa shape index (κ1) is 14.3. The highest BCUT2D eigenvalue weighted by Gasteiger charge is 2.23. The number of nitro groups is 1. The molecule has 1 heterocycles. The maximum Gasteiger partial charge on any atom is 0.274 e. The summed E-state index contributed by atoms with van der Waals surface area (Å²) in [5.74, 6) is 0.0470. The monoisotopic (exact) mass is 277 g/mol. The summed E-state index contributed by atoms with van der Waals surface area (Å²) < 4.78 is 0. The highest BCUT2D eigenvalue weighted by molar-refractivity contribution is 5.84. The Hall–Kier alpha value is -2.11. The molecule has 1 fully saturated rings. The number of nitrogens with one attached hydrogen (secondary N) is 1. The number of likely N-dealkylation sites (tertiary alicyclic amines) is 1. The van der Waals surface area contributed by atoms with Crippen molar-refractivity contribution in [1.82, 2.24) is 4.90 Å². The van der Waals surface area contributed by atoms with Crippen molar-refractivity contribution in [2.45, 2.75) is 32.7 Å². The third-order valence-corrected chi connectivity index (χ3v) is 3.58. The Kier molecular flexibility index (Phi) is 4.22. The average Bonchev–Trinajstić information content (AvgIpc) is 2.93. The topological polar surface area (TPSA) is 75.5 Å². The molecule has 1 aliphatic rings. The predicted molar refractivity (Wildman–Crippen MR) is 76.7 cm³/mol. The molecule has 1 aliphatic heterocycles. The van der Waals surface area contributed by atoms with Crippen LogP contribution in [-0.4, -0.2) is 34.9 Å². The Bertz CT molecular complexity index is 524. The van der Waals surface area contributed by atoms with Gasteiger partial charge in [-0.1, -0.05) is 6.07 Å². The molecule has 0 spiro atoms. The second-order valence-electron chi connectivity index (χ2n) is 5.16. The van der Waals surface area contributed by atoms with Crippen molar-refractivity contribution in [2.24, 2.45) is 0 Å². The number of aryl methyl sites for hydroxylation is 1. The van der Waals surface area contributed by atoms with Gasteiger partial charge in [0, 0.05) is 30.4 Å². The van der Waals surface area contributed by atoms with Gasteiger partial charge in [-0.3, -0.25) is 14.9 Å². The average molecular weight is 277 g/mol. The van der Waals surface area contributed by atoms with E-state index in [4.69, 9.17) is 0 Å². The van der Waals surface area contributed by atoms with Gasteiger partial charge < -0.3 is 10.2 Å². The van der Waals surface area contributed by atoms with Gasteiger partial charge in [0.2, 0.25) is 5.91 Å². The zero-order valence-corrected chi connectivity index (χ0v) is 11.8. The number of nitro benzene ring substituents is 1. The molecule has 1 aromatic rings. The first-order valence-electron chi connectivity index (χ1n) is 6.79. The van der Waals surface area contributed by atoms with Crippen LogP contribution in [0.1, 0.15) is 25.3 Å². The summed E-state index contributed by atoms with van der Waals surface area (Å²) in [5.41, 5.74) is 1.28. The minimum Gasteiger partial charge on any atom is -0.374 e. The maximum atomic E-state index is 12.2. The molecular weight excluding hydrogens is 258 g/mol. The molecule has 108 valence electrons. The SMILES string of the molecule is Cc1ccc(NC(C)C(=O)N2CCCC2)cc1[N+](=O)[O-]. The lowest BCUT2D eigenvalue weighted by Gasteiger charge is -2.21. The molecule has 1 atom stereocenters. The Morgan fingerprint density at radius 2 is 2.05 bits per heavy atom. The van der Waals surface area contributed by atoms with Gasteiger partial charge in [0.15, 0.2) is 0 Å². The van der Waals surface area contributed by atoms with Crippen LogP contribution in [0.3, 0.4) is 0 Å². The number of hydrogen-bond acceptors (Lipinski definition) is 4. The van der Waals surface area contributed by atoms with E-state index in [0.29, 0.717) is 11.3 Å². The standard InChI is InChI=1S/C14H19N3O3/c1-10-5-6-12(9-13(10)17(19)20)15-11(2)14(18)16-7-3-4-8-16/h5-6,9,11,15H,3-4,7-8H2,1-2H3. The molecule has 20 heavy (non-hydrogen) atoms. The molecule has 1 saturated heterocycles. The highest BCUT2D eigenvalue weighted by atomic mass is 16.6. The van der Waals surface area contributed by atoms with Crippen LogP contribution >= 0.6 is 0 Å². The van der Waals surface area contributed by atoms with Crippen molar-refractivity contribution in [2.75, 3.05) is 18.4 Å². The van der Waals surface area contributed by atoms with Crippen molar-refractivity contribution in [1.29, 1.82) is 0 Å². The minimum absolute atomic E-state index is 0.0470. The van der Waals surface area contributed by atoms with Gasteiger partial charge >= 0.3 is 0 Å². The van der Waals surface area contributed by atoms with E-state index < -0.39 is 4.92 Å². The number of rotatable bonds is 4.